The minimum Gasteiger partial charge on any atom is -0.481 e. The molecule has 15 heavy (non-hydrogen) atoms. The lowest BCUT2D eigenvalue weighted by Crippen LogP contribution is -2.47. The molecule has 5 nitrogen and oxygen atoms in total. The van der Waals surface area contributed by atoms with Crippen LogP contribution in [-0.4, -0.2) is 47.6 Å². The maximum Gasteiger partial charge on any atom is 0.304 e. The van der Waals surface area contributed by atoms with Crippen molar-refractivity contribution in [1.29, 1.82) is 0 Å². The highest BCUT2D eigenvalue weighted by atomic mass is 16.4. The monoisotopic (exact) mass is 216 g/mol. The largest absolute Gasteiger partial charge is 0.481 e. The van der Waals surface area contributed by atoms with E-state index in [0.29, 0.717) is 6.54 Å². The molecule has 0 rings (SSSR count). The molecule has 88 valence electrons. The van der Waals surface area contributed by atoms with E-state index in [9.17, 15) is 9.59 Å². The number of aliphatic carboxylic acids is 1. The summed E-state index contributed by atoms with van der Waals surface area (Å²) in [6, 6.07) is 0. The van der Waals surface area contributed by atoms with Gasteiger partial charge < -0.3 is 10.4 Å². The van der Waals surface area contributed by atoms with Crippen LogP contribution in [0, 0.1) is 0 Å². The first kappa shape index (κ1) is 13.9. The van der Waals surface area contributed by atoms with Gasteiger partial charge in [-0.05, 0) is 20.8 Å². The molecule has 0 aromatic rings. The molecule has 0 aliphatic heterocycles. The van der Waals surface area contributed by atoms with Crippen molar-refractivity contribution in [2.45, 2.75) is 32.7 Å². The van der Waals surface area contributed by atoms with Crippen LogP contribution in [0.3, 0.4) is 0 Å². The van der Waals surface area contributed by atoms with Gasteiger partial charge in [-0.15, -0.1) is 0 Å². The maximum absolute atomic E-state index is 11.2. The van der Waals surface area contributed by atoms with Crippen molar-refractivity contribution in [1.82, 2.24) is 10.2 Å². The second-order valence-electron chi connectivity index (χ2n) is 4.41. The Morgan fingerprint density at radius 3 is 2.20 bits per heavy atom. The molecular weight excluding hydrogens is 196 g/mol. The molecule has 0 aliphatic rings. The first-order valence-electron chi connectivity index (χ1n) is 4.95. The summed E-state index contributed by atoms with van der Waals surface area (Å²) in [6.07, 6.45) is 0.0499. The number of carboxylic acids is 1. The molecule has 0 radical (unpaired) electrons. The number of hydrogen-bond acceptors (Lipinski definition) is 3. The second-order valence-corrected chi connectivity index (χ2v) is 4.41. The van der Waals surface area contributed by atoms with Crippen molar-refractivity contribution in [3.63, 3.8) is 0 Å². The summed E-state index contributed by atoms with van der Waals surface area (Å²) < 4.78 is 0. The van der Waals surface area contributed by atoms with Crippen molar-refractivity contribution in [2.75, 3.05) is 20.1 Å². The average molecular weight is 216 g/mol. The third-order valence-electron chi connectivity index (χ3n) is 2.16. The third-order valence-corrected chi connectivity index (χ3v) is 2.16. The van der Waals surface area contributed by atoms with Crippen LogP contribution >= 0.6 is 0 Å². The quantitative estimate of drug-likeness (QED) is 0.694. The van der Waals surface area contributed by atoms with Crippen LogP contribution in [0.1, 0.15) is 27.2 Å². The summed E-state index contributed by atoms with van der Waals surface area (Å²) in [6.45, 7) is 6.48. The summed E-state index contributed by atoms with van der Waals surface area (Å²) in [5, 5.41) is 11.1. The van der Waals surface area contributed by atoms with Gasteiger partial charge in [0.1, 0.15) is 0 Å². The molecule has 0 spiro atoms. The van der Waals surface area contributed by atoms with E-state index in [2.05, 4.69) is 5.32 Å². The highest BCUT2D eigenvalue weighted by Gasteiger charge is 2.23. The van der Waals surface area contributed by atoms with E-state index in [-0.39, 0.29) is 24.4 Å². The number of carbonyl (C=O) groups excluding carboxylic acids is 1. The lowest BCUT2D eigenvalue weighted by atomic mass is 10.1. The SMILES string of the molecule is CNC(=O)CN(CCC(=O)O)C(C)(C)C. The van der Waals surface area contributed by atoms with Crippen molar-refractivity contribution in [2.24, 2.45) is 0 Å². The summed E-state index contributed by atoms with van der Waals surface area (Å²) in [7, 11) is 1.57. The highest BCUT2D eigenvalue weighted by Crippen LogP contribution is 2.12. The van der Waals surface area contributed by atoms with Crippen LogP contribution in [-0.2, 0) is 9.59 Å². The summed E-state index contributed by atoms with van der Waals surface area (Å²) in [5.41, 5.74) is -0.206. The number of amides is 1. The van der Waals surface area contributed by atoms with Gasteiger partial charge in [0, 0.05) is 19.1 Å². The van der Waals surface area contributed by atoms with Gasteiger partial charge in [-0.1, -0.05) is 0 Å². The van der Waals surface area contributed by atoms with Gasteiger partial charge in [-0.3, -0.25) is 14.5 Å². The minimum atomic E-state index is -0.846. The lowest BCUT2D eigenvalue weighted by Gasteiger charge is -2.34. The van der Waals surface area contributed by atoms with Crippen molar-refractivity contribution in [3.8, 4) is 0 Å². The van der Waals surface area contributed by atoms with Gasteiger partial charge in [0.25, 0.3) is 0 Å². The summed E-state index contributed by atoms with van der Waals surface area (Å²) >= 11 is 0. The van der Waals surface area contributed by atoms with E-state index in [0.717, 1.165) is 0 Å². The molecule has 0 aromatic carbocycles. The van der Waals surface area contributed by atoms with E-state index in [1.807, 2.05) is 25.7 Å². The lowest BCUT2D eigenvalue weighted by molar-refractivity contribution is -0.138. The van der Waals surface area contributed by atoms with Crippen LogP contribution in [0.2, 0.25) is 0 Å². The Morgan fingerprint density at radius 2 is 1.87 bits per heavy atom. The number of hydrogen-bond donors (Lipinski definition) is 2. The Hall–Kier alpha value is -1.10. The summed E-state index contributed by atoms with van der Waals surface area (Å²) in [4.78, 5) is 23.5. The number of likely N-dealkylation sites (N-methyl/N-ethyl adjacent to an activating group) is 1. The topological polar surface area (TPSA) is 69.6 Å². The van der Waals surface area contributed by atoms with E-state index in [4.69, 9.17) is 5.11 Å². The van der Waals surface area contributed by atoms with Gasteiger partial charge in [-0.25, -0.2) is 0 Å². The zero-order valence-electron chi connectivity index (χ0n) is 9.83. The molecule has 0 atom stereocenters. The average Bonchev–Trinajstić information content (AvgIpc) is 2.09. The van der Waals surface area contributed by atoms with E-state index in [1.54, 1.807) is 7.05 Å². The van der Waals surface area contributed by atoms with Crippen LogP contribution in [0.4, 0.5) is 0 Å². The summed E-state index contributed by atoms with van der Waals surface area (Å²) in [5.74, 6) is -0.948. The fourth-order valence-corrected chi connectivity index (χ4v) is 1.13. The number of nitrogens with zero attached hydrogens (tertiary/aromatic N) is 1. The number of carbonyl (C=O) groups is 2. The smallest absolute Gasteiger partial charge is 0.304 e. The van der Waals surface area contributed by atoms with Gasteiger partial charge in [0.15, 0.2) is 0 Å². The molecule has 1 amide bonds. The predicted molar refractivity (Wildman–Crippen MR) is 57.6 cm³/mol. The minimum absolute atomic E-state index is 0.0499. The van der Waals surface area contributed by atoms with Crippen molar-refractivity contribution in [3.05, 3.63) is 0 Å². The maximum atomic E-state index is 11.2. The molecular formula is C10H20N2O3. The number of rotatable bonds is 5. The molecule has 0 heterocycles. The third kappa shape index (κ3) is 6.06. The Kier molecular flexibility index (Phi) is 5.28. The molecule has 0 unspecified atom stereocenters. The molecule has 0 fully saturated rings. The van der Waals surface area contributed by atoms with E-state index in [1.165, 1.54) is 0 Å². The molecule has 5 heteroatoms. The normalized spacial score (nSPS) is 11.5. The number of nitrogens with one attached hydrogen (secondary N) is 1. The van der Waals surface area contributed by atoms with E-state index >= 15 is 0 Å². The first-order chi connectivity index (χ1) is 6.77. The van der Waals surface area contributed by atoms with Crippen LogP contribution in [0.5, 0.6) is 0 Å². The van der Waals surface area contributed by atoms with E-state index < -0.39 is 5.97 Å². The molecule has 2 N–H and O–H groups in total. The van der Waals surface area contributed by atoms with Gasteiger partial charge in [0.05, 0.1) is 13.0 Å². The molecule has 0 aliphatic carbocycles. The zero-order chi connectivity index (χ0) is 12.1. The van der Waals surface area contributed by atoms with Crippen LogP contribution in [0.25, 0.3) is 0 Å². The zero-order valence-corrected chi connectivity index (χ0v) is 9.83. The van der Waals surface area contributed by atoms with Crippen molar-refractivity contribution < 1.29 is 14.7 Å². The van der Waals surface area contributed by atoms with Crippen LogP contribution in [0.15, 0.2) is 0 Å². The number of carboxylic acid groups (broad SMARTS) is 1. The Balaban J connectivity index is 4.32. The van der Waals surface area contributed by atoms with Gasteiger partial charge in [-0.2, -0.15) is 0 Å². The molecule has 0 saturated heterocycles. The van der Waals surface area contributed by atoms with Gasteiger partial charge in [0.2, 0.25) is 5.91 Å². The Bertz CT molecular complexity index is 233. The standard InChI is InChI=1S/C10H20N2O3/c1-10(2,3)12(6-5-9(14)15)7-8(13)11-4/h5-7H2,1-4H3,(H,11,13)(H,14,15). The van der Waals surface area contributed by atoms with Crippen molar-refractivity contribution >= 4 is 11.9 Å². The molecule has 0 aromatic heterocycles. The van der Waals surface area contributed by atoms with Crippen LogP contribution < -0.4 is 5.32 Å². The first-order valence-corrected chi connectivity index (χ1v) is 4.95. The van der Waals surface area contributed by atoms with Gasteiger partial charge >= 0.3 is 5.97 Å². The molecule has 0 saturated carbocycles. The Morgan fingerprint density at radius 1 is 1.33 bits per heavy atom. The fraction of sp³-hybridized carbons (Fsp3) is 0.800. The fourth-order valence-electron chi connectivity index (χ4n) is 1.13. The predicted octanol–water partition coefficient (Wildman–Crippen LogP) is 0.308. The Labute approximate surface area is 90.5 Å². The highest BCUT2D eigenvalue weighted by molar-refractivity contribution is 5.77. The second kappa shape index (κ2) is 5.70. The molecule has 0 bridgehead atoms.